The molecule has 0 fully saturated rings. The maximum absolute atomic E-state index is 13.0. The average Bonchev–Trinajstić information content (AvgIpc) is 3.25. The van der Waals surface area contributed by atoms with E-state index in [9.17, 15) is 34.2 Å². The first-order chi connectivity index (χ1) is 18.6. The summed E-state index contributed by atoms with van der Waals surface area (Å²) in [5, 5.41) is 30.4. The van der Waals surface area contributed by atoms with Crippen molar-refractivity contribution in [2.24, 2.45) is 5.92 Å². The van der Waals surface area contributed by atoms with Crippen molar-refractivity contribution in [2.45, 2.75) is 77.8 Å². The van der Waals surface area contributed by atoms with Crippen LogP contribution in [0.25, 0.3) is 10.9 Å². The maximum Gasteiger partial charge on any atom is 0.408 e. The molecule has 0 saturated heterocycles. The monoisotopic (exact) mass is 561 g/mol. The van der Waals surface area contributed by atoms with Gasteiger partial charge in [0.2, 0.25) is 17.7 Å². The molecule has 4 atom stereocenters. The molecule has 7 N–H and O–H groups in total. The molecule has 0 unspecified atom stereocenters. The van der Waals surface area contributed by atoms with Crippen molar-refractivity contribution in [3.05, 3.63) is 36.0 Å². The van der Waals surface area contributed by atoms with Crippen molar-refractivity contribution >= 4 is 40.7 Å². The van der Waals surface area contributed by atoms with Gasteiger partial charge in [-0.3, -0.25) is 14.4 Å². The second kappa shape index (κ2) is 13.8. The number of carboxylic acid groups (broad SMARTS) is 1. The van der Waals surface area contributed by atoms with Crippen LogP contribution in [0.1, 0.15) is 47.1 Å². The second-order valence-corrected chi connectivity index (χ2v) is 10.8. The predicted molar refractivity (Wildman–Crippen MR) is 146 cm³/mol. The molecule has 2 aromatic rings. The molecule has 13 nitrogen and oxygen atoms in total. The Morgan fingerprint density at radius 3 is 2.15 bits per heavy atom. The van der Waals surface area contributed by atoms with Crippen LogP contribution >= 0.6 is 0 Å². The molecular weight excluding hydrogens is 522 g/mol. The minimum absolute atomic E-state index is 0.0408. The number of carbonyl (C=O) groups is 5. The molecule has 0 aliphatic carbocycles. The van der Waals surface area contributed by atoms with Gasteiger partial charge in [0.05, 0.1) is 6.10 Å². The standard InChI is InChI=1S/C27H39N5O8/c1-14(2)21(31-20(34)13-29-26(39)40-27(4,5)6)23(35)32-22(15(3)33)24(36)30-19(25(37)38)11-16-12-28-18-10-8-7-9-17(16)18/h7-10,12,14-15,19,21-22,28,33H,11,13H2,1-6H3,(H,29,39)(H,30,36)(H,31,34)(H,32,35)(H,37,38)/t15-,19+,21+,22+/m1/s1. The normalized spacial score (nSPS) is 14.5. The fourth-order valence-corrected chi connectivity index (χ4v) is 3.86. The smallest absolute Gasteiger partial charge is 0.408 e. The number of amides is 4. The zero-order valence-corrected chi connectivity index (χ0v) is 23.5. The van der Waals surface area contributed by atoms with E-state index in [2.05, 4.69) is 26.3 Å². The number of aliphatic hydroxyl groups excluding tert-OH is 1. The van der Waals surface area contributed by atoms with Crippen molar-refractivity contribution in [3.8, 4) is 0 Å². The number of aromatic amines is 1. The van der Waals surface area contributed by atoms with Gasteiger partial charge < -0.3 is 41.2 Å². The van der Waals surface area contributed by atoms with E-state index in [1.807, 2.05) is 24.3 Å². The highest BCUT2D eigenvalue weighted by atomic mass is 16.6. The molecule has 220 valence electrons. The van der Waals surface area contributed by atoms with Gasteiger partial charge in [0, 0.05) is 23.5 Å². The van der Waals surface area contributed by atoms with Crippen LogP contribution in [-0.4, -0.2) is 81.4 Å². The first-order valence-electron chi connectivity index (χ1n) is 12.9. The number of aliphatic hydroxyl groups is 1. The lowest BCUT2D eigenvalue weighted by molar-refractivity contribution is -0.143. The predicted octanol–water partition coefficient (Wildman–Crippen LogP) is 0.811. The number of ether oxygens (including phenoxy) is 1. The van der Waals surface area contributed by atoms with Gasteiger partial charge in [0.15, 0.2) is 0 Å². The first-order valence-corrected chi connectivity index (χ1v) is 12.9. The van der Waals surface area contributed by atoms with E-state index < -0.39 is 72.1 Å². The van der Waals surface area contributed by atoms with Crippen LogP contribution in [0.3, 0.4) is 0 Å². The Bertz CT molecular complexity index is 1220. The lowest BCUT2D eigenvalue weighted by atomic mass is 10.0. The molecule has 0 radical (unpaired) electrons. The van der Waals surface area contributed by atoms with Crippen molar-refractivity contribution in [1.82, 2.24) is 26.3 Å². The van der Waals surface area contributed by atoms with Gasteiger partial charge in [-0.05, 0) is 45.2 Å². The molecule has 2 rings (SSSR count). The first kappa shape index (κ1) is 32.1. The van der Waals surface area contributed by atoms with Crippen molar-refractivity contribution in [1.29, 1.82) is 0 Å². The largest absolute Gasteiger partial charge is 0.480 e. The highest BCUT2D eigenvalue weighted by molar-refractivity contribution is 5.94. The highest BCUT2D eigenvalue weighted by Crippen LogP contribution is 2.19. The number of fused-ring (bicyclic) bond motifs is 1. The number of hydrogen-bond donors (Lipinski definition) is 7. The highest BCUT2D eigenvalue weighted by Gasteiger charge is 2.33. The Morgan fingerprint density at radius 2 is 1.57 bits per heavy atom. The van der Waals surface area contributed by atoms with Crippen molar-refractivity contribution < 1.29 is 38.9 Å². The number of rotatable bonds is 12. The second-order valence-electron chi connectivity index (χ2n) is 10.8. The van der Waals surface area contributed by atoms with Gasteiger partial charge in [-0.1, -0.05) is 32.0 Å². The van der Waals surface area contributed by atoms with Crippen LogP contribution in [0.4, 0.5) is 4.79 Å². The molecule has 1 aromatic carbocycles. The molecule has 1 heterocycles. The van der Waals surface area contributed by atoms with Crippen LogP contribution in [-0.2, 0) is 30.3 Å². The number of carboxylic acids is 1. The van der Waals surface area contributed by atoms with E-state index >= 15 is 0 Å². The van der Waals surface area contributed by atoms with Gasteiger partial charge >= 0.3 is 12.1 Å². The average molecular weight is 562 g/mol. The molecule has 0 aliphatic heterocycles. The summed E-state index contributed by atoms with van der Waals surface area (Å²) in [4.78, 5) is 65.3. The molecule has 4 amide bonds. The van der Waals surface area contributed by atoms with E-state index in [0.29, 0.717) is 5.56 Å². The van der Waals surface area contributed by atoms with Gasteiger partial charge in [0.25, 0.3) is 0 Å². The third kappa shape index (κ3) is 9.56. The Hall–Kier alpha value is -4.13. The Balaban J connectivity index is 2.06. The van der Waals surface area contributed by atoms with Gasteiger partial charge in [-0.2, -0.15) is 0 Å². The third-order valence-electron chi connectivity index (χ3n) is 5.83. The van der Waals surface area contributed by atoms with E-state index in [1.165, 1.54) is 6.92 Å². The number of aromatic nitrogens is 1. The Labute approximate surface area is 232 Å². The van der Waals surface area contributed by atoms with E-state index in [0.717, 1.165) is 10.9 Å². The number of carbonyl (C=O) groups excluding carboxylic acids is 4. The quantitative estimate of drug-likeness (QED) is 0.197. The molecule has 0 spiro atoms. The van der Waals surface area contributed by atoms with Crippen molar-refractivity contribution in [2.75, 3.05) is 6.54 Å². The van der Waals surface area contributed by atoms with E-state index in [1.54, 1.807) is 40.8 Å². The molecule has 1 aromatic heterocycles. The fraction of sp³-hybridized carbons (Fsp3) is 0.519. The molecule has 0 saturated carbocycles. The van der Waals surface area contributed by atoms with E-state index in [4.69, 9.17) is 4.74 Å². The number of nitrogens with one attached hydrogen (secondary N) is 5. The van der Waals surface area contributed by atoms with Gasteiger partial charge in [-0.15, -0.1) is 0 Å². The molecule has 0 bridgehead atoms. The SMILES string of the molecule is CC(C)[C@H](NC(=O)CNC(=O)OC(C)(C)C)C(=O)N[C@H](C(=O)N[C@@H](Cc1c[nH]c2ccccc12)C(=O)O)[C@@H](C)O. The number of para-hydroxylation sites is 1. The maximum atomic E-state index is 13.0. The van der Waals surface area contributed by atoms with E-state index in [-0.39, 0.29) is 6.42 Å². The summed E-state index contributed by atoms with van der Waals surface area (Å²) in [6, 6.07) is 3.33. The van der Waals surface area contributed by atoms with Crippen molar-refractivity contribution in [3.63, 3.8) is 0 Å². The number of H-pyrrole nitrogens is 1. The fourth-order valence-electron chi connectivity index (χ4n) is 3.86. The van der Waals surface area contributed by atoms with Crippen LogP contribution in [0, 0.1) is 5.92 Å². The van der Waals surface area contributed by atoms with Crippen LogP contribution in [0.2, 0.25) is 0 Å². The molecular formula is C27H39N5O8. The van der Waals surface area contributed by atoms with Crippen LogP contribution in [0.15, 0.2) is 30.5 Å². The Morgan fingerprint density at radius 1 is 0.950 bits per heavy atom. The summed E-state index contributed by atoms with van der Waals surface area (Å²) < 4.78 is 5.07. The minimum atomic E-state index is -1.50. The minimum Gasteiger partial charge on any atom is -0.480 e. The zero-order valence-electron chi connectivity index (χ0n) is 23.5. The molecule has 13 heteroatoms. The lowest BCUT2D eigenvalue weighted by Crippen LogP contribution is -2.60. The summed E-state index contributed by atoms with van der Waals surface area (Å²) >= 11 is 0. The summed E-state index contributed by atoms with van der Waals surface area (Å²) in [6.45, 7) is 9.13. The van der Waals surface area contributed by atoms with Crippen LogP contribution < -0.4 is 21.3 Å². The number of alkyl carbamates (subject to hydrolysis) is 1. The van der Waals surface area contributed by atoms with Crippen LogP contribution in [0.5, 0.6) is 0 Å². The molecule has 0 aliphatic rings. The van der Waals surface area contributed by atoms with Gasteiger partial charge in [-0.25, -0.2) is 9.59 Å². The lowest BCUT2D eigenvalue weighted by Gasteiger charge is -2.27. The molecule has 40 heavy (non-hydrogen) atoms. The zero-order chi connectivity index (χ0) is 30.2. The Kier molecular flexibility index (Phi) is 11.1. The summed E-state index contributed by atoms with van der Waals surface area (Å²) in [5.74, 6) is -4.08. The topological polar surface area (TPSA) is 199 Å². The summed E-state index contributed by atoms with van der Waals surface area (Å²) in [7, 11) is 0. The number of benzene rings is 1. The third-order valence-corrected chi connectivity index (χ3v) is 5.83. The number of aliphatic carboxylic acids is 1. The van der Waals surface area contributed by atoms with Gasteiger partial charge in [0.1, 0.15) is 30.3 Å². The number of hydrogen-bond acceptors (Lipinski definition) is 7. The summed E-state index contributed by atoms with van der Waals surface area (Å²) in [6.07, 6.45) is -0.571. The summed E-state index contributed by atoms with van der Waals surface area (Å²) in [5.41, 5.74) is 0.723.